The van der Waals surface area contributed by atoms with Gasteiger partial charge in [-0.15, -0.1) is 0 Å². The summed E-state index contributed by atoms with van der Waals surface area (Å²) < 4.78 is 16.3. The molecule has 2 rings (SSSR count). The zero-order chi connectivity index (χ0) is 18.4. The van der Waals surface area contributed by atoms with Gasteiger partial charge in [-0.3, -0.25) is 4.79 Å². The summed E-state index contributed by atoms with van der Waals surface area (Å²) in [5.41, 5.74) is 1.57. The molecule has 5 heteroatoms. The number of benzene rings is 2. The third kappa shape index (κ3) is 4.89. The monoisotopic (exact) mass is 344 g/mol. The Morgan fingerprint density at radius 3 is 2.40 bits per heavy atom. The quantitative estimate of drug-likeness (QED) is 0.787. The number of rotatable bonds is 8. The summed E-state index contributed by atoms with van der Waals surface area (Å²) in [6.07, 6.45) is 0.379. The van der Waals surface area contributed by atoms with Crippen molar-refractivity contribution < 1.29 is 24.1 Å². The van der Waals surface area contributed by atoms with Crippen molar-refractivity contribution in [3.63, 3.8) is 0 Å². The van der Waals surface area contributed by atoms with Gasteiger partial charge in [-0.1, -0.05) is 18.2 Å². The predicted octanol–water partition coefficient (Wildman–Crippen LogP) is 3.90. The molecule has 2 aromatic rings. The van der Waals surface area contributed by atoms with E-state index in [0.29, 0.717) is 29.2 Å². The largest absolute Gasteiger partial charge is 0.497 e. The molecule has 0 aliphatic heterocycles. The molecule has 0 saturated heterocycles. The molecule has 5 nitrogen and oxygen atoms in total. The average molecular weight is 344 g/mol. The molecule has 0 saturated carbocycles. The summed E-state index contributed by atoms with van der Waals surface area (Å²) >= 11 is 0. The highest BCUT2D eigenvalue weighted by Gasteiger charge is 2.21. The van der Waals surface area contributed by atoms with Crippen LogP contribution < -0.4 is 14.2 Å². The topological polar surface area (TPSA) is 65.0 Å². The first-order valence-corrected chi connectivity index (χ1v) is 8.15. The fraction of sp³-hybridized carbons (Fsp3) is 0.350. The Bertz CT molecular complexity index is 724. The van der Waals surface area contributed by atoms with Gasteiger partial charge < -0.3 is 19.3 Å². The molecule has 0 aliphatic carbocycles. The van der Waals surface area contributed by atoms with E-state index in [1.165, 1.54) is 0 Å². The molecule has 0 spiro atoms. The summed E-state index contributed by atoms with van der Waals surface area (Å²) in [6, 6.07) is 12.7. The molecule has 0 heterocycles. The van der Waals surface area contributed by atoms with Crippen LogP contribution in [-0.4, -0.2) is 31.4 Å². The molecule has 0 amide bonds. The van der Waals surface area contributed by atoms with E-state index in [9.17, 15) is 9.90 Å². The Hall–Kier alpha value is -2.69. The van der Waals surface area contributed by atoms with Gasteiger partial charge in [0.15, 0.2) is 11.5 Å². The van der Waals surface area contributed by atoms with E-state index < -0.39 is 11.9 Å². The van der Waals surface area contributed by atoms with Crippen LogP contribution in [0.4, 0.5) is 0 Å². The molecular formula is C20H24O5. The van der Waals surface area contributed by atoms with Gasteiger partial charge in [0.2, 0.25) is 0 Å². The zero-order valence-electron chi connectivity index (χ0n) is 15.0. The van der Waals surface area contributed by atoms with E-state index in [2.05, 4.69) is 0 Å². The van der Waals surface area contributed by atoms with Crippen molar-refractivity contribution in [1.29, 1.82) is 0 Å². The zero-order valence-corrected chi connectivity index (χ0v) is 15.0. The Kier molecular flexibility index (Phi) is 6.28. The molecule has 0 aromatic heterocycles. The first kappa shape index (κ1) is 18.6. The van der Waals surface area contributed by atoms with Crippen molar-refractivity contribution >= 4 is 5.97 Å². The smallest absolute Gasteiger partial charge is 0.311 e. The minimum Gasteiger partial charge on any atom is -0.497 e. The predicted molar refractivity (Wildman–Crippen MR) is 95.8 cm³/mol. The Balaban J connectivity index is 2.29. The highest BCUT2D eigenvalue weighted by Crippen LogP contribution is 2.32. The van der Waals surface area contributed by atoms with Crippen molar-refractivity contribution in [2.24, 2.45) is 0 Å². The first-order chi connectivity index (χ1) is 11.9. The summed E-state index contributed by atoms with van der Waals surface area (Å²) in [4.78, 5) is 11.8. The van der Waals surface area contributed by atoms with Crippen LogP contribution in [0, 0.1) is 0 Å². The third-order valence-corrected chi connectivity index (χ3v) is 3.82. The summed E-state index contributed by atoms with van der Waals surface area (Å²) in [7, 11) is 3.14. The van der Waals surface area contributed by atoms with Gasteiger partial charge in [0.05, 0.1) is 26.2 Å². The lowest BCUT2D eigenvalue weighted by molar-refractivity contribution is -0.138. The number of carboxylic acid groups (broad SMARTS) is 1. The van der Waals surface area contributed by atoms with Crippen LogP contribution in [0.3, 0.4) is 0 Å². The summed E-state index contributed by atoms with van der Waals surface area (Å²) in [5, 5.41) is 9.65. The van der Waals surface area contributed by atoms with Gasteiger partial charge >= 0.3 is 5.97 Å². The van der Waals surface area contributed by atoms with Crippen molar-refractivity contribution in [2.75, 3.05) is 14.2 Å². The van der Waals surface area contributed by atoms with Gasteiger partial charge in [0.1, 0.15) is 5.75 Å². The van der Waals surface area contributed by atoms with Crippen LogP contribution in [0.1, 0.15) is 30.9 Å². The second-order valence-electron chi connectivity index (χ2n) is 6.02. The van der Waals surface area contributed by atoms with E-state index in [-0.39, 0.29) is 6.10 Å². The van der Waals surface area contributed by atoms with Crippen LogP contribution in [0.15, 0.2) is 42.5 Å². The van der Waals surface area contributed by atoms with E-state index >= 15 is 0 Å². The van der Waals surface area contributed by atoms with Crippen LogP contribution in [-0.2, 0) is 11.2 Å². The van der Waals surface area contributed by atoms with Crippen LogP contribution >= 0.6 is 0 Å². The molecule has 1 N–H and O–H groups in total. The van der Waals surface area contributed by atoms with Crippen molar-refractivity contribution in [3.8, 4) is 17.2 Å². The Morgan fingerprint density at radius 2 is 1.80 bits per heavy atom. The van der Waals surface area contributed by atoms with Gasteiger partial charge in [0, 0.05) is 0 Å². The Morgan fingerprint density at radius 1 is 1.04 bits per heavy atom. The molecule has 0 fully saturated rings. The highest BCUT2D eigenvalue weighted by molar-refractivity contribution is 5.76. The SMILES string of the molecule is COc1cccc(C(Cc2ccc(OC(C)C)c(OC)c2)C(=O)O)c1. The number of aliphatic carboxylic acids is 1. The lowest BCUT2D eigenvalue weighted by Crippen LogP contribution is -2.15. The molecule has 0 bridgehead atoms. The van der Waals surface area contributed by atoms with Gasteiger partial charge in [0.25, 0.3) is 0 Å². The molecule has 134 valence electrons. The van der Waals surface area contributed by atoms with E-state index in [1.54, 1.807) is 38.5 Å². The van der Waals surface area contributed by atoms with Crippen LogP contribution in [0.25, 0.3) is 0 Å². The maximum atomic E-state index is 11.8. The first-order valence-electron chi connectivity index (χ1n) is 8.15. The fourth-order valence-electron chi connectivity index (χ4n) is 2.63. The average Bonchev–Trinajstić information content (AvgIpc) is 2.60. The number of carbonyl (C=O) groups is 1. The third-order valence-electron chi connectivity index (χ3n) is 3.82. The highest BCUT2D eigenvalue weighted by atomic mass is 16.5. The maximum absolute atomic E-state index is 11.8. The van der Waals surface area contributed by atoms with Crippen molar-refractivity contribution in [1.82, 2.24) is 0 Å². The number of hydrogen-bond donors (Lipinski definition) is 1. The molecule has 2 aromatic carbocycles. The lowest BCUT2D eigenvalue weighted by Gasteiger charge is -2.17. The molecule has 0 radical (unpaired) electrons. The molecule has 1 atom stereocenters. The minimum absolute atomic E-state index is 0.0308. The number of hydrogen-bond acceptors (Lipinski definition) is 4. The molecule has 0 aliphatic rings. The lowest BCUT2D eigenvalue weighted by atomic mass is 9.92. The number of ether oxygens (including phenoxy) is 3. The maximum Gasteiger partial charge on any atom is 0.311 e. The van der Waals surface area contributed by atoms with Gasteiger partial charge in [-0.25, -0.2) is 0 Å². The normalized spacial score (nSPS) is 11.9. The second-order valence-corrected chi connectivity index (χ2v) is 6.02. The van der Waals surface area contributed by atoms with Crippen LogP contribution in [0.5, 0.6) is 17.2 Å². The molecule has 25 heavy (non-hydrogen) atoms. The van der Waals surface area contributed by atoms with E-state index in [4.69, 9.17) is 14.2 Å². The number of carboxylic acids is 1. The standard InChI is InChI=1S/C20H24O5/c1-13(2)25-18-9-8-14(11-19(18)24-4)10-17(20(21)22)15-6-5-7-16(12-15)23-3/h5-9,11-13,17H,10H2,1-4H3,(H,21,22). The van der Waals surface area contributed by atoms with E-state index in [0.717, 1.165) is 5.56 Å². The van der Waals surface area contributed by atoms with Gasteiger partial charge in [-0.2, -0.15) is 0 Å². The summed E-state index contributed by atoms with van der Waals surface area (Å²) in [6.45, 7) is 3.88. The second kappa shape index (κ2) is 8.42. The van der Waals surface area contributed by atoms with E-state index in [1.807, 2.05) is 32.0 Å². The van der Waals surface area contributed by atoms with Crippen molar-refractivity contribution in [2.45, 2.75) is 32.3 Å². The van der Waals surface area contributed by atoms with Gasteiger partial charge in [-0.05, 0) is 55.7 Å². The molecule has 1 unspecified atom stereocenters. The number of methoxy groups -OCH3 is 2. The summed E-state index contributed by atoms with van der Waals surface area (Å²) in [5.74, 6) is 0.337. The van der Waals surface area contributed by atoms with Crippen LogP contribution in [0.2, 0.25) is 0 Å². The van der Waals surface area contributed by atoms with Crippen molar-refractivity contribution in [3.05, 3.63) is 53.6 Å². The Labute approximate surface area is 148 Å². The fourth-order valence-corrected chi connectivity index (χ4v) is 2.63. The molecular weight excluding hydrogens is 320 g/mol. The minimum atomic E-state index is -0.880.